The highest BCUT2D eigenvalue weighted by Gasteiger charge is 2.04. The summed E-state index contributed by atoms with van der Waals surface area (Å²) in [7, 11) is 1.71. The van der Waals surface area contributed by atoms with Crippen molar-refractivity contribution in [2.24, 2.45) is 0 Å². The summed E-state index contributed by atoms with van der Waals surface area (Å²) >= 11 is 4.04. The van der Waals surface area contributed by atoms with Gasteiger partial charge in [-0.15, -0.1) is 11.8 Å². The van der Waals surface area contributed by atoms with Crippen LogP contribution in [0.15, 0.2) is 17.0 Å². The monoisotopic (exact) mass is 294 g/mol. The molecule has 1 rings (SSSR count). The summed E-state index contributed by atoms with van der Waals surface area (Å²) in [4.78, 5) is 1.25. The van der Waals surface area contributed by atoms with Gasteiger partial charge in [-0.3, -0.25) is 0 Å². The number of hydrogen-bond donors (Lipinski definition) is 0. The summed E-state index contributed by atoms with van der Waals surface area (Å²) in [5, 5.41) is 0. The first-order chi connectivity index (χ1) is 5.69. The molecule has 0 saturated carbocycles. The van der Waals surface area contributed by atoms with Gasteiger partial charge >= 0.3 is 0 Å². The minimum Gasteiger partial charge on any atom is -0.496 e. The number of halogens is 1. The summed E-state index contributed by atoms with van der Waals surface area (Å²) in [6.45, 7) is 2.10. The van der Waals surface area contributed by atoms with Crippen LogP contribution in [-0.2, 0) is 0 Å². The van der Waals surface area contributed by atoms with Crippen LogP contribution in [0.3, 0.4) is 0 Å². The van der Waals surface area contributed by atoms with E-state index >= 15 is 0 Å². The molecule has 0 heterocycles. The molecule has 1 aromatic rings. The van der Waals surface area contributed by atoms with Crippen LogP contribution in [0.5, 0.6) is 5.75 Å². The van der Waals surface area contributed by atoms with Crippen LogP contribution < -0.4 is 4.74 Å². The Hall–Kier alpha value is 0.1000. The maximum Gasteiger partial charge on any atom is 0.133 e. The van der Waals surface area contributed by atoms with Crippen LogP contribution in [0, 0.1) is 10.5 Å². The predicted molar refractivity (Wildman–Crippen MR) is 62.2 cm³/mol. The van der Waals surface area contributed by atoms with Crippen molar-refractivity contribution in [2.45, 2.75) is 11.8 Å². The SMILES string of the molecule is COc1cc(SC)cc(C)c1I. The van der Waals surface area contributed by atoms with Crippen molar-refractivity contribution in [1.82, 2.24) is 0 Å². The third kappa shape index (κ3) is 2.07. The van der Waals surface area contributed by atoms with Crippen molar-refractivity contribution < 1.29 is 4.74 Å². The fraction of sp³-hybridized carbons (Fsp3) is 0.333. The zero-order valence-corrected chi connectivity index (χ0v) is 10.3. The smallest absolute Gasteiger partial charge is 0.133 e. The number of methoxy groups -OCH3 is 1. The maximum absolute atomic E-state index is 5.25. The lowest BCUT2D eigenvalue weighted by Crippen LogP contribution is -1.90. The molecule has 0 bridgehead atoms. The van der Waals surface area contributed by atoms with Crippen LogP contribution in [0.2, 0.25) is 0 Å². The summed E-state index contributed by atoms with van der Waals surface area (Å²) in [6.07, 6.45) is 2.07. The molecule has 1 aromatic carbocycles. The Balaban J connectivity index is 3.19. The van der Waals surface area contributed by atoms with Gasteiger partial charge in [-0.2, -0.15) is 0 Å². The maximum atomic E-state index is 5.25. The Morgan fingerprint density at radius 2 is 2.08 bits per heavy atom. The molecule has 0 aliphatic carbocycles. The normalized spacial score (nSPS) is 10.0. The molecule has 3 heteroatoms. The van der Waals surface area contributed by atoms with Crippen LogP contribution in [-0.4, -0.2) is 13.4 Å². The summed E-state index contributed by atoms with van der Waals surface area (Å²) in [5.41, 5.74) is 1.28. The zero-order valence-electron chi connectivity index (χ0n) is 7.35. The number of ether oxygens (including phenoxy) is 1. The van der Waals surface area contributed by atoms with Crippen LogP contribution >= 0.6 is 34.4 Å². The van der Waals surface area contributed by atoms with Crippen molar-refractivity contribution in [3.63, 3.8) is 0 Å². The zero-order chi connectivity index (χ0) is 9.14. The first-order valence-electron chi connectivity index (χ1n) is 3.57. The highest BCUT2D eigenvalue weighted by molar-refractivity contribution is 14.1. The van der Waals surface area contributed by atoms with Gasteiger partial charge in [0.25, 0.3) is 0 Å². The van der Waals surface area contributed by atoms with Crippen LogP contribution in [0.4, 0.5) is 0 Å². The molecule has 0 N–H and O–H groups in total. The lowest BCUT2D eigenvalue weighted by Gasteiger charge is -2.07. The van der Waals surface area contributed by atoms with Gasteiger partial charge in [0, 0.05) is 4.90 Å². The molecule has 0 amide bonds. The Labute approximate surface area is 91.0 Å². The lowest BCUT2D eigenvalue weighted by atomic mass is 10.2. The Morgan fingerprint density at radius 1 is 1.42 bits per heavy atom. The molecule has 0 atom stereocenters. The molecular weight excluding hydrogens is 283 g/mol. The molecule has 0 aliphatic heterocycles. The summed E-state index contributed by atoms with van der Waals surface area (Å²) in [6, 6.07) is 4.24. The molecule has 66 valence electrons. The van der Waals surface area contributed by atoms with Gasteiger partial charge in [-0.1, -0.05) is 0 Å². The van der Waals surface area contributed by atoms with Crippen LogP contribution in [0.25, 0.3) is 0 Å². The van der Waals surface area contributed by atoms with Gasteiger partial charge in [-0.25, -0.2) is 0 Å². The fourth-order valence-electron chi connectivity index (χ4n) is 0.972. The van der Waals surface area contributed by atoms with E-state index < -0.39 is 0 Å². The molecular formula is C9H11IOS. The number of benzene rings is 1. The molecule has 12 heavy (non-hydrogen) atoms. The minimum atomic E-state index is 0.972. The van der Waals surface area contributed by atoms with Crippen molar-refractivity contribution in [1.29, 1.82) is 0 Å². The van der Waals surface area contributed by atoms with E-state index in [-0.39, 0.29) is 0 Å². The third-order valence-electron chi connectivity index (χ3n) is 1.65. The van der Waals surface area contributed by atoms with Crippen molar-refractivity contribution in [3.8, 4) is 5.75 Å². The highest BCUT2D eigenvalue weighted by atomic mass is 127. The fourth-order valence-corrected chi connectivity index (χ4v) is 2.02. The Kier molecular flexibility index (Phi) is 3.71. The second-order valence-electron chi connectivity index (χ2n) is 2.46. The topological polar surface area (TPSA) is 9.23 Å². The average molecular weight is 294 g/mol. The van der Waals surface area contributed by atoms with Gasteiger partial charge < -0.3 is 4.74 Å². The van der Waals surface area contributed by atoms with Gasteiger partial charge in [0.2, 0.25) is 0 Å². The van der Waals surface area contributed by atoms with E-state index in [2.05, 4.69) is 47.9 Å². The highest BCUT2D eigenvalue weighted by Crippen LogP contribution is 2.29. The van der Waals surface area contributed by atoms with Gasteiger partial charge in [0.05, 0.1) is 10.7 Å². The van der Waals surface area contributed by atoms with Gasteiger partial charge in [0.1, 0.15) is 5.75 Å². The molecule has 0 aliphatic rings. The molecule has 0 spiro atoms. The average Bonchev–Trinajstić information content (AvgIpc) is 2.09. The first kappa shape index (κ1) is 10.2. The number of hydrogen-bond acceptors (Lipinski definition) is 2. The van der Waals surface area contributed by atoms with E-state index in [1.807, 2.05) is 0 Å². The van der Waals surface area contributed by atoms with E-state index in [0.717, 1.165) is 5.75 Å². The number of aryl methyl sites for hydroxylation is 1. The predicted octanol–water partition coefficient (Wildman–Crippen LogP) is 3.33. The quantitative estimate of drug-likeness (QED) is 0.611. The largest absolute Gasteiger partial charge is 0.496 e. The standard InChI is InChI=1S/C9H11IOS/c1-6-4-7(12-3)5-8(11-2)9(6)10/h4-5H,1-3H3. The van der Waals surface area contributed by atoms with Crippen LogP contribution in [0.1, 0.15) is 5.56 Å². The van der Waals surface area contributed by atoms with E-state index in [1.54, 1.807) is 18.9 Å². The van der Waals surface area contributed by atoms with Gasteiger partial charge in [-0.05, 0) is 53.5 Å². The molecule has 0 radical (unpaired) electrons. The van der Waals surface area contributed by atoms with E-state index in [1.165, 1.54) is 14.0 Å². The van der Waals surface area contributed by atoms with Crippen molar-refractivity contribution >= 4 is 34.4 Å². The number of thioether (sulfide) groups is 1. The molecule has 0 unspecified atom stereocenters. The molecule has 0 aromatic heterocycles. The number of rotatable bonds is 2. The molecule has 1 nitrogen and oxygen atoms in total. The van der Waals surface area contributed by atoms with Gasteiger partial charge in [0.15, 0.2) is 0 Å². The summed E-state index contributed by atoms with van der Waals surface area (Å²) < 4.78 is 6.45. The second kappa shape index (κ2) is 4.37. The lowest BCUT2D eigenvalue weighted by molar-refractivity contribution is 0.410. The minimum absolute atomic E-state index is 0.972. The van der Waals surface area contributed by atoms with E-state index in [0.29, 0.717) is 0 Å². The van der Waals surface area contributed by atoms with E-state index in [9.17, 15) is 0 Å². The molecule has 0 fully saturated rings. The molecule has 0 saturated heterocycles. The summed E-state index contributed by atoms with van der Waals surface area (Å²) in [5.74, 6) is 0.972. The second-order valence-corrected chi connectivity index (χ2v) is 4.42. The van der Waals surface area contributed by atoms with E-state index in [4.69, 9.17) is 4.74 Å². The van der Waals surface area contributed by atoms with Crippen molar-refractivity contribution in [2.75, 3.05) is 13.4 Å². The van der Waals surface area contributed by atoms with Crippen molar-refractivity contribution in [3.05, 3.63) is 21.3 Å². The Bertz CT molecular complexity index is 286. The first-order valence-corrected chi connectivity index (χ1v) is 5.87. The Morgan fingerprint density at radius 3 is 2.58 bits per heavy atom. The third-order valence-corrected chi connectivity index (χ3v) is 3.74.